The summed E-state index contributed by atoms with van der Waals surface area (Å²) in [7, 11) is 0. The van der Waals surface area contributed by atoms with Crippen LogP contribution in [0, 0.1) is 0 Å². The first-order valence-corrected chi connectivity index (χ1v) is 8.31. The summed E-state index contributed by atoms with van der Waals surface area (Å²) < 4.78 is 5.16. The van der Waals surface area contributed by atoms with E-state index in [-0.39, 0.29) is 6.09 Å². The molecule has 1 amide bonds. The van der Waals surface area contributed by atoms with Crippen LogP contribution in [-0.4, -0.2) is 12.7 Å². The Morgan fingerprint density at radius 1 is 0.905 bits per heavy atom. The number of hydrogen-bond donors (Lipinski definition) is 1. The van der Waals surface area contributed by atoms with Crippen LogP contribution < -0.4 is 5.32 Å². The van der Waals surface area contributed by atoms with E-state index in [1.54, 1.807) is 0 Å². The second kappa shape index (κ2) is 12.2. The zero-order valence-electron chi connectivity index (χ0n) is 13.3. The van der Waals surface area contributed by atoms with Crippen molar-refractivity contribution >= 4 is 11.8 Å². The third-order valence-electron chi connectivity index (χ3n) is 3.50. The zero-order valence-corrected chi connectivity index (χ0v) is 13.3. The number of carbonyl (C=O) groups is 1. The van der Waals surface area contributed by atoms with Crippen molar-refractivity contribution in [2.24, 2.45) is 0 Å². The van der Waals surface area contributed by atoms with Crippen molar-refractivity contribution in [3.05, 3.63) is 30.3 Å². The van der Waals surface area contributed by atoms with Gasteiger partial charge in [-0.15, -0.1) is 0 Å². The SMILES string of the molecule is CCCCCCCCCCCOC(=O)Nc1ccccc1. The second-order valence-electron chi connectivity index (χ2n) is 5.46. The fourth-order valence-corrected chi connectivity index (χ4v) is 2.25. The highest BCUT2D eigenvalue weighted by Crippen LogP contribution is 2.10. The smallest absolute Gasteiger partial charge is 0.411 e. The van der Waals surface area contributed by atoms with Crippen LogP contribution in [0.1, 0.15) is 64.7 Å². The van der Waals surface area contributed by atoms with Crippen molar-refractivity contribution < 1.29 is 9.53 Å². The van der Waals surface area contributed by atoms with Crippen molar-refractivity contribution in [3.63, 3.8) is 0 Å². The summed E-state index contributed by atoms with van der Waals surface area (Å²) in [6.45, 7) is 2.75. The summed E-state index contributed by atoms with van der Waals surface area (Å²) in [6.07, 6.45) is 11.0. The van der Waals surface area contributed by atoms with E-state index >= 15 is 0 Å². The van der Waals surface area contributed by atoms with Gasteiger partial charge in [-0.1, -0.05) is 76.5 Å². The second-order valence-corrected chi connectivity index (χ2v) is 5.46. The molecule has 0 aliphatic carbocycles. The molecule has 0 bridgehead atoms. The topological polar surface area (TPSA) is 38.3 Å². The average molecular weight is 291 g/mol. The van der Waals surface area contributed by atoms with Crippen LogP contribution in [0.3, 0.4) is 0 Å². The quantitative estimate of drug-likeness (QED) is 0.526. The highest BCUT2D eigenvalue weighted by molar-refractivity contribution is 5.84. The first-order chi connectivity index (χ1) is 10.3. The number of para-hydroxylation sites is 1. The van der Waals surface area contributed by atoms with E-state index in [4.69, 9.17) is 4.74 Å². The molecule has 0 aliphatic heterocycles. The highest BCUT2D eigenvalue weighted by Gasteiger charge is 2.01. The van der Waals surface area contributed by atoms with Gasteiger partial charge in [0.1, 0.15) is 0 Å². The lowest BCUT2D eigenvalue weighted by atomic mass is 10.1. The molecular formula is C18H29NO2. The van der Waals surface area contributed by atoms with Crippen molar-refractivity contribution in [1.29, 1.82) is 0 Å². The molecule has 0 fully saturated rings. The first kappa shape index (κ1) is 17.5. The Kier molecular flexibility index (Phi) is 10.2. The van der Waals surface area contributed by atoms with E-state index in [1.807, 2.05) is 30.3 Å². The summed E-state index contributed by atoms with van der Waals surface area (Å²) in [6, 6.07) is 9.38. The van der Waals surface area contributed by atoms with E-state index in [2.05, 4.69) is 12.2 Å². The molecule has 0 aliphatic rings. The van der Waals surface area contributed by atoms with Gasteiger partial charge < -0.3 is 4.74 Å². The van der Waals surface area contributed by atoms with Gasteiger partial charge in [0.05, 0.1) is 6.61 Å². The Bertz CT molecular complexity index is 365. The lowest BCUT2D eigenvalue weighted by Crippen LogP contribution is -2.14. The lowest BCUT2D eigenvalue weighted by Gasteiger charge is -2.06. The number of nitrogens with one attached hydrogen (secondary N) is 1. The minimum atomic E-state index is -0.360. The molecule has 0 saturated carbocycles. The van der Waals surface area contributed by atoms with Gasteiger partial charge in [-0.25, -0.2) is 4.79 Å². The molecule has 1 rings (SSSR count). The van der Waals surface area contributed by atoms with Gasteiger partial charge in [0.15, 0.2) is 0 Å². The summed E-state index contributed by atoms with van der Waals surface area (Å²) in [5.74, 6) is 0. The molecule has 1 N–H and O–H groups in total. The number of carbonyl (C=O) groups excluding carboxylic acids is 1. The molecule has 0 spiro atoms. The Hall–Kier alpha value is -1.51. The van der Waals surface area contributed by atoms with Crippen LogP contribution in [-0.2, 0) is 4.74 Å². The third-order valence-corrected chi connectivity index (χ3v) is 3.50. The molecule has 1 aromatic carbocycles. The Labute approximate surface area is 129 Å². The summed E-state index contributed by atoms with van der Waals surface area (Å²) in [5.41, 5.74) is 0.773. The molecule has 0 unspecified atom stereocenters. The number of rotatable bonds is 11. The minimum Gasteiger partial charge on any atom is -0.449 e. The monoisotopic (exact) mass is 291 g/mol. The maximum Gasteiger partial charge on any atom is 0.411 e. The highest BCUT2D eigenvalue weighted by atomic mass is 16.5. The number of amides is 1. The van der Waals surface area contributed by atoms with Gasteiger partial charge in [0.2, 0.25) is 0 Å². The normalized spacial score (nSPS) is 10.3. The summed E-state index contributed by atoms with van der Waals surface area (Å²) in [5, 5.41) is 2.71. The number of ether oxygens (including phenoxy) is 1. The molecule has 1 aromatic rings. The van der Waals surface area contributed by atoms with Gasteiger partial charge in [0.25, 0.3) is 0 Å². The van der Waals surface area contributed by atoms with Crippen LogP contribution >= 0.6 is 0 Å². The molecule has 0 radical (unpaired) electrons. The fraction of sp³-hybridized carbons (Fsp3) is 0.611. The van der Waals surface area contributed by atoms with Gasteiger partial charge in [0, 0.05) is 5.69 Å². The standard InChI is InChI=1S/C18H29NO2/c1-2-3-4-5-6-7-8-9-13-16-21-18(20)19-17-14-11-10-12-15-17/h10-12,14-15H,2-9,13,16H2,1H3,(H,19,20). The van der Waals surface area contributed by atoms with E-state index in [1.165, 1.54) is 44.9 Å². The van der Waals surface area contributed by atoms with Crippen LogP contribution in [0.4, 0.5) is 10.5 Å². The number of anilines is 1. The Morgan fingerprint density at radius 2 is 1.48 bits per heavy atom. The molecular weight excluding hydrogens is 262 g/mol. The van der Waals surface area contributed by atoms with Gasteiger partial charge >= 0.3 is 6.09 Å². The molecule has 3 heteroatoms. The van der Waals surface area contributed by atoms with Crippen LogP contribution in [0.5, 0.6) is 0 Å². The van der Waals surface area contributed by atoms with Crippen LogP contribution in [0.2, 0.25) is 0 Å². The third kappa shape index (κ3) is 9.94. The maximum atomic E-state index is 11.5. The summed E-state index contributed by atoms with van der Waals surface area (Å²) >= 11 is 0. The van der Waals surface area contributed by atoms with Gasteiger partial charge in [-0.3, -0.25) is 5.32 Å². The van der Waals surface area contributed by atoms with Crippen molar-refractivity contribution in [3.8, 4) is 0 Å². The molecule has 3 nitrogen and oxygen atoms in total. The van der Waals surface area contributed by atoms with Gasteiger partial charge in [-0.05, 0) is 18.6 Å². The minimum absolute atomic E-state index is 0.360. The molecule has 0 atom stereocenters. The predicted molar refractivity (Wildman–Crippen MR) is 88.6 cm³/mol. The molecule has 0 saturated heterocycles. The number of benzene rings is 1. The van der Waals surface area contributed by atoms with Crippen LogP contribution in [0.15, 0.2) is 30.3 Å². The van der Waals surface area contributed by atoms with E-state index in [9.17, 15) is 4.79 Å². The average Bonchev–Trinajstić information content (AvgIpc) is 2.50. The maximum absolute atomic E-state index is 11.5. The Morgan fingerprint density at radius 3 is 2.10 bits per heavy atom. The zero-order chi connectivity index (χ0) is 15.2. The molecule has 118 valence electrons. The van der Waals surface area contributed by atoms with E-state index in [0.29, 0.717) is 6.61 Å². The molecule has 0 aromatic heterocycles. The lowest BCUT2D eigenvalue weighted by molar-refractivity contribution is 0.159. The van der Waals surface area contributed by atoms with E-state index in [0.717, 1.165) is 18.5 Å². The Balaban J connectivity index is 1.89. The molecule has 21 heavy (non-hydrogen) atoms. The summed E-state index contributed by atoms with van der Waals surface area (Å²) in [4.78, 5) is 11.5. The number of unbranched alkanes of at least 4 members (excludes halogenated alkanes) is 8. The van der Waals surface area contributed by atoms with E-state index < -0.39 is 0 Å². The first-order valence-electron chi connectivity index (χ1n) is 8.31. The molecule has 0 heterocycles. The predicted octanol–water partition coefficient (Wildman–Crippen LogP) is 5.77. The van der Waals surface area contributed by atoms with Crippen LogP contribution in [0.25, 0.3) is 0 Å². The van der Waals surface area contributed by atoms with Crippen molar-refractivity contribution in [1.82, 2.24) is 0 Å². The number of hydrogen-bond acceptors (Lipinski definition) is 2. The van der Waals surface area contributed by atoms with Crippen molar-refractivity contribution in [2.45, 2.75) is 64.7 Å². The largest absolute Gasteiger partial charge is 0.449 e. The fourth-order valence-electron chi connectivity index (χ4n) is 2.25. The van der Waals surface area contributed by atoms with Crippen molar-refractivity contribution in [2.75, 3.05) is 11.9 Å². The van der Waals surface area contributed by atoms with Gasteiger partial charge in [-0.2, -0.15) is 0 Å².